The van der Waals surface area contributed by atoms with E-state index in [2.05, 4.69) is 19.4 Å². The van der Waals surface area contributed by atoms with Gasteiger partial charge in [-0.05, 0) is 40.5 Å². The molecule has 1 atom stereocenters. The van der Waals surface area contributed by atoms with Crippen molar-refractivity contribution in [2.24, 2.45) is 9.50 Å². The topological polar surface area (TPSA) is 107 Å². The summed E-state index contributed by atoms with van der Waals surface area (Å²) < 4.78 is 46.8. The largest absolute Gasteiger partial charge is 0.435 e. The molecule has 0 saturated carbocycles. The maximum absolute atomic E-state index is 12.9. The molecule has 1 unspecified atom stereocenters. The van der Waals surface area contributed by atoms with Gasteiger partial charge in [0.05, 0.1) is 0 Å². The quantitative estimate of drug-likeness (QED) is 0.503. The number of nitrogens with one attached hydrogen (secondary N) is 1. The SMILES string of the molecule is CC(C)c1cc(OC(F)F)cc(C(C)C)c1NC(=O)N=S(N)(=O)c1ncc(C(C)(C)C)s1. The minimum Gasteiger partial charge on any atom is -0.435 e. The Morgan fingerprint density at radius 2 is 1.72 bits per heavy atom. The van der Waals surface area contributed by atoms with Crippen molar-refractivity contribution in [3.05, 3.63) is 34.3 Å². The summed E-state index contributed by atoms with van der Waals surface area (Å²) in [7, 11) is -3.56. The summed E-state index contributed by atoms with van der Waals surface area (Å²) in [5.41, 5.74) is 1.37. The predicted molar refractivity (Wildman–Crippen MR) is 124 cm³/mol. The maximum atomic E-state index is 12.9. The Morgan fingerprint density at radius 3 is 2.12 bits per heavy atom. The van der Waals surface area contributed by atoms with Crippen molar-refractivity contribution in [3.63, 3.8) is 0 Å². The Balaban J connectivity index is 2.47. The lowest BCUT2D eigenvalue weighted by atomic mass is 9.92. The lowest BCUT2D eigenvalue weighted by molar-refractivity contribution is -0.0499. The van der Waals surface area contributed by atoms with E-state index >= 15 is 0 Å². The number of nitrogens with zero attached hydrogens (tertiary/aromatic N) is 2. The summed E-state index contributed by atoms with van der Waals surface area (Å²) in [5, 5.41) is 8.52. The number of halogens is 2. The minimum absolute atomic E-state index is 0.00227. The van der Waals surface area contributed by atoms with Crippen molar-refractivity contribution < 1.29 is 22.5 Å². The lowest BCUT2D eigenvalue weighted by Crippen LogP contribution is -2.19. The molecule has 32 heavy (non-hydrogen) atoms. The number of carbonyl (C=O) groups excluding carboxylic acids is 1. The van der Waals surface area contributed by atoms with Crippen LogP contribution in [0.5, 0.6) is 5.75 Å². The normalized spacial score (nSPS) is 14.0. The van der Waals surface area contributed by atoms with Crippen LogP contribution in [0.2, 0.25) is 0 Å². The third-order valence-corrected chi connectivity index (χ3v) is 7.79. The van der Waals surface area contributed by atoms with Crippen LogP contribution in [-0.2, 0) is 15.3 Å². The molecule has 0 aliphatic heterocycles. The van der Waals surface area contributed by atoms with Gasteiger partial charge in [0.15, 0.2) is 9.92 Å². The van der Waals surface area contributed by atoms with Gasteiger partial charge in [-0.3, -0.25) is 0 Å². The van der Waals surface area contributed by atoms with E-state index in [9.17, 15) is 17.8 Å². The van der Waals surface area contributed by atoms with E-state index in [-0.39, 0.29) is 27.3 Å². The fraction of sp³-hybridized carbons (Fsp3) is 0.524. The second-order valence-corrected chi connectivity index (χ2v) is 12.0. The number of urea groups is 1. The number of hydrogen-bond donors (Lipinski definition) is 2. The number of carbonyl (C=O) groups is 1. The number of anilines is 1. The molecule has 2 rings (SSSR count). The van der Waals surface area contributed by atoms with E-state index in [1.807, 2.05) is 48.5 Å². The summed E-state index contributed by atoms with van der Waals surface area (Å²) in [4.78, 5) is 17.7. The summed E-state index contributed by atoms with van der Waals surface area (Å²) in [6, 6.07) is 2.00. The van der Waals surface area contributed by atoms with Crippen molar-refractivity contribution in [2.45, 2.75) is 76.7 Å². The second kappa shape index (κ2) is 9.80. The van der Waals surface area contributed by atoms with Gasteiger partial charge >= 0.3 is 12.6 Å². The van der Waals surface area contributed by atoms with E-state index in [0.29, 0.717) is 16.8 Å². The van der Waals surface area contributed by atoms with E-state index in [1.54, 1.807) is 6.20 Å². The Bertz CT molecular complexity index is 1070. The predicted octanol–water partition coefficient (Wildman–Crippen LogP) is 6.22. The van der Waals surface area contributed by atoms with E-state index in [0.717, 1.165) is 16.2 Å². The highest BCUT2D eigenvalue weighted by atomic mass is 32.2. The van der Waals surface area contributed by atoms with Crippen LogP contribution < -0.4 is 15.2 Å². The van der Waals surface area contributed by atoms with Crippen molar-refractivity contribution >= 4 is 33.0 Å². The highest BCUT2D eigenvalue weighted by molar-refractivity contribution is 7.93. The highest BCUT2D eigenvalue weighted by Gasteiger charge is 2.23. The van der Waals surface area contributed by atoms with Crippen LogP contribution in [0.15, 0.2) is 27.0 Å². The number of thiazole rings is 1. The van der Waals surface area contributed by atoms with E-state index < -0.39 is 22.6 Å². The maximum Gasteiger partial charge on any atom is 0.387 e. The first-order chi connectivity index (χ1) is 14.6. The Labute approximate surface area is 192 Å². The molecular formula is C21H30F2N4O3S2. The number of amides is 2. The van der Waals surface area contributed by atoms with Crippen molar-refractivity contribution in [2.75, 3.05) is 5.32 Å². The number of aromatic nitrogens is 1. The molecule has 0 bridgehead atoms. The molecule has 1 aromatic heterocycles. The summed E-state index contributed by atoms with van der Waals surface area (Å²) in [6.07, 6.45) is 1.58. The number of nitrogens with two attached hydrogens (primary N) is 1. The summed E-state index contributed by atoms with van der Waals surface area (Å²) in [5.74, 6) is -0.249. The minimum atomic E-state index is -3.56. The number of hydrogen-bond acceptors (Lipinski definition) is 5. The molecule has 0 spiro atoms. The molecular weight excluding hydrogens is 458 g/mol. The van der Waals surface area contributed by atoms with Crippen molar-refractivity contribution in [1.29, 1.82) is 0 Å². The first-order valence-electron chi connectivity index (χ1n) is 10.1. The van der Waals surface area contributed by atoms with Crippen molar-refractivity contribution in [1.82, 2.24) is 4.98 Å². The van der Waals surface area contributed by atoms with Gasteiger partial charge in [-0.1, -0.05) is 48.5 Å². The fourth-order valence-electron chi connectivity index (χ4n) is 2.92. The first kappa shape index (κ1) is 26.1. The zero-order chi connectivity index (χ0) is 24.4. The molecule has 0 aliphatic rings. The molecule has 1 aromatic carbocycles. The monoisotopic (exact) mass is 488 g/mol. The summed E-state index contributed by atoms with van der Waals surface area (Å²) >= 11 is 1.15. The van der Waals surface area contributed by atoms with Gasteiger partial charge in [0, 0.05) is 16.8 Å². The zero-order valence-electron chi connectivity index (χ0n) is 19.2. The molecule has 1 heterocycles. The Kier molecular flexibility index (Phi) is 8.01. The molecule has 178 valence electrons. The molecule has 3 N–H and O–H groups in total. The fourth-order valence-corrected chi connectivity index (χ4v) is 5.05. The van der Waals surface area contributed by atoms with Gasteiger partial charge in [-0.15, -0.1) is 15.7 Å². The summed E-state index contributed by atoms with van der Waals surface area (Å²) in [6.45, 7) is 10.4. The number of ether oxygens (including phenoxy) is 1. The van der Waals surface area contributed by atoms with Gasteiger partial charge in [0.1, 0.15) is 5.75 Å². The molecule has 7 nitrogen and oxygen atoms in total. The van der Waals surface area contributed by atoms with Crippen LogP contribution in [-0.4, -0.2) is 21.8 Å². The van der Waals surface area contributed by atoms with Gasteiger partial charge in [0.25, 0.3) is 0 Å². The zero-order valence-corrected chi connectivity index (χ0v) is 20.9. The Morgan fingerprint density at radius 1 is 1.19 bits per heavy atom. The van der Waals surface area contributed by atoms with Crippen LogP contribution in [0.25, 0.3) is 0 Å². The highest BCUT2D eigenvalue weighted by Crippen LogP contribution is 2.37. The average molecular weight is 489 g/mol. The molecule has 0 fully saturated rings. The number of alkyl halides is 2. The second-order valence-electron chi connectivity index (χ2n) is 9.00. The van der Waals surface area contributed by atoms with Crippen LogP contribution in [0.4, 0.5) is 19.3 Å². The van der Waals surface area contributed by atoms with Crippen molar-refractivity contribution in [3.8, 4) is 5.75 Å². The van der Waals surface area contributed by atoms with E-state index in [4.69, 9.17) is 5.14 Å². The van der Waals surface area contributed by atoms with Gasteiger partial charge in [-0.2, -0.15) is 8.78 Å². The van der Waals surface area contributed by atoms with Gasteiger partial charge < -0.3 is 10.1 Å². The van der Waals surface area contributed by atoms with Gasteiger partial charge in [0.2, 0.25) is 4.34 Å². The van der Waals surface area contributed by atoms with Crippen LogP contribution in [0.3, 0.4) is 0 Å². The molecule has 11 heteroatoms. The Hall–Kier alpha value is -2.11. The first-order valence-corrected chi connectivity index (χ1v) is 12.5. The smallest absolute Gasteiger partial charge is 0.387 e. The molecule has 2 amide bonds. The lowest BCUT2D eigenvalue weighted by Gasteiger charge is -2.21. The van der Waals surface area contributed by atoms with Crippen LogP contribution in [0.1, 0.15) is 76.3 Å². The third-order valence-electron chi connectivity index (χ3n) is 4.57. The number of benzene rings is 1. The molecule has 0 radical (unpaired) electrons. The number of rotatable bonds is 6. The molecule has 2 aromatic rings. The van der Waals surface area contributed by atoms with Crippen LogP contribution >= 0.6 is 11.3 Å². The van der Waals surface area contributed by atoms with Crippen LogP contribution in [0, 0.1) is 0 Å². The van der Waals surface area contributed by atoms with Gasteiger partial charge in [-0.25, -0.2) is 19.1 Å². The molecule has 0 saturated heterocycles. The standard InChI is InChI=1S/C21H30F2N4O3S2/c1-11(2)14-8-13(30-18(22)23)9-15(12(3)4)17(14)26-19(28)27-32(24,29)20-25-10-16(31-20)21(5,6)7/h8-12,18H,1-7H3,(H3,24,26,27,28,29). The molecule has 0 aliphatic carbocycles. The third kappa shape index (κ3) is 6.46. The van der Waals surface area contributed by atoms with E-state index in [1.165, 1.54) is 12.1 Å². The average Bonchev–Trinajstić information content (AvgIpc) is 3.12.